The number of halogens is 2. The molecule has 0 spiro atoms. The third-order valence-corrected chi connectivity index (χ3v) is 14.3. The van der Waals surface area contributed by atoms with Crippen LogP contribution in [0, 0.1) is 16.7 Å². The minimum Gasteiger partial charge on any atom is -0.465 e. The molecule has 0 saturated heterocycles. The van der Waals surface area contributed by atoms with Crippen LogP contribution < -0.4 is 9.03 Å². The largest absolute Gasteiger partial charge is 0.465 e. The number of rotatable bonds is 9. The molecule has 1 atom stereocenters. The molecule has 2 aromatic carbocycles. The number of sulfonamides is 2. The number of hydrogen-bond acceptors (Lipinski definition) is 9. The minimum absolute atomic E-state index is 0.00118. The Morgan fingerprint density at radius 3 is 2.09 bits per heavy atom. The molecule has 2 N–H and O–H groups in total. The van der Waals surface area contributed by atoms with E-state index in [-0.39, 0.29) is 38.3 Å². The van der Waals surface area contributed by atoms with Crippen LogP contribution in [-0.4, -0.2) is 37.8 Å². The lowest BCUT2D eigenvalue weighted by molar-refractivity contribution is 0.175. The smallest absolute Gasteiger partial charge is 0.405 e. The van der Waals surface area contributed by atoms with Crippen molar-refractivity contribution in [2.75, 3.05) is 3.71 Å². The summed E-state index contributed by atoms with van der Waals surface area (Å²) in [5.41, 5.74) is 1.14. The lowest BCUT2D eigenvalue weighted by Crippen LogP contribution is -2.37. The Hall–Kier alpha value is -3.65. The summed E-state index contributed by atoms with van der Waals surface area (Å²) in [6, 6.07) is 18.2. The second kappa shape index (κ2) is 12.5. The van der Waals surface area contributed by atoms with Gasteiger partial charge in [-0.05, 0) is 52.9 Å². The lowest BCUT2D eigenvalue weighted by Gasteiger charge is -2.31. The van der Waals surface area contributed by atoms with E-state index in [1.165, 1.54) is 35.0 Å². The first kappa shape index (κ1) is 33.7. The fraction of sp³-hybridized carbons (Fsp3) is 0.207. The third kappa shape index (κ3) is 6.46. The van der Waals surface area contributed by atoms with Gasteiger partial charge in [-0.25, -0.2) is 4.79 Å². The Morgan fingerprint density at radius 1 is 1.00 bits per heavy atom. The number of nitrogens with one attached hydrogen (secondary N) is 1. The number of nitriles is 1. The molecule has 0 aliphatic rings. The molecule has 46 heavy (non-hydrogen) atoms. The minimum atomic E-state index is -4.86. The monoisotopic (exact) mass is 737 g/mol. The quantitative estimate of drug-likeness (QED) is 0.159. The fourth-order valence-electron chi connectivity index (χ4n) is 4.91. The van der Waals surface area contributed by atoms with Crippen LogP contribution in [0.1, 0.15) is 43.5 Å². The molecule has 0 bridgehead atoms. The van der Waals surface area contributed by atoms with Crippen molar-refractivity contribution in [3.63, 3.8) is 0 Å². The summed E-state index contributed by atoms with van der Waals surface area (Å²) >= 11 is 13.4. The van der Waals surface area contributed by atoms with Crippen molar-refractivity contribution in [1.29, 1.82) is 5.26 Å². The van der Waals surface area contributed by atoms with Gasteiger partial charge in [0.25, 0.3) is 20.0 Å². The van der Waals surface area contributed by atoms with Gasteiger partial charge < -0.3 is 10.4 Å². The second-order valence-corrected chi connectivity index (χ2v) is 18.8. The summed E-state index contributed by atoms with van der Waals surface area (Å²) in [4.78, 5) is 11.6. The Bertz CT molecular complexity index is 2160. The lowest BCUT2D eigenvalue weighted by atomic mass is 9.82. The molecule has 5 rings (SSSR count). The summed E-state index contributed by atoms with van der Waals surface area (Å²) < 4.78 is 57.8. The van der Waals surface area contributed by atoms with Gasteiger partial charge in [-0.2, -0.15) is 27.2 Å². The summed E-state index contributed by atoms with van der Waals surface area (Å²) in [5, 5.41) is 26.6. The predicted octanol–water partition coefficient (Wildman–Crippen LogP) is 7.33. The average molecular weight is 739 g/mol. The normalized spacial score (nSPS) is 13.0. The predicted molar refractivity (Wildman–Crippen MR) is 179 cm³/mol. The molecule has 11 nitrogen and oxygen atoms in total. The van der Waals surface area contributed by atoms with E-state index in [4.69, 9.17) is 23.2 Å². The molecule has 1 amide bonds. The molecule has 0 saturated carbocycles. The average Bonchev–Trinajstić information content (AvgIpc) is 3.70. The number of hydrogen-bond donors (Lipinski definition) is 2. The van der Waals surface area contributed by atoms with Gasteiger partial charge in [-0.1, -0.05) is 74.3 Å². The van der Waals surface area contributed by atoms with Crippen molar-refractivity contribution in [2.24, 2.45) is 5.41 Å². The fourth-order valence-corrected chi connectivity index (χ4v) is 11.9. The number of thiophene rings is 2. The van der Waals surface area contributed by atoms with Gasteiger partial charge >= 0.3 is 6.09 Å². The maximum absolute atomic E-state index is 14.2. The highest BCUT2D eigenvalue weighted by atomic mass is 35.5. The maximum Gasteiger partial charge on any atom is 0.405 e. The highest BCUT2D eigenvalue weighted by Crippen LogP contribution is 2.41. The zero-order valence-corrected chi connectivity index (χ0v) is 29.1. The summed E-state index contributed by atoms with van der Waals surface area (Å²) in [6.07, 6.45) is -1.18. The van der Waals surface area contributed by atoms with Crippen molar-refractivity contribution in [2.45, 2.75) is 41.8 Å². The number of fused-ring (bicyclic) bond motifs is 1. The van der Waals surface area contributed by atoms with Crippen LogP contribution in [0.2, 0.25) is 8.67 Å². The number of benzene rings is 2. The van der Waals surface area contributed by atoms with Crippen LogP contribution in [-0.2, 0) is 26.6 Å². The number of carboxylic acid groups (broad SMARTS) is 1. The Labute approximate surface area is 283 Å². The molecule has 0 aliphatic carbocycles. The maximum atomic E-state index is 14.2. The van der Waals surface area contributed by atoms with E-state index in [2.05, 4.69) is 10.4 Å². The van der Waals surface area contributed by atoms with Crippen LogP contribution in [0.5, 0.6) is 0 Å². The van der Waals surface area contributed by atoms with Crippen molar-refractivity contribution in [3.8, 4) is 6.07 Å². The van der Waals surface area contributed by atoms with Crippen LogP contribution in [0.4, 0.5) is 10.6 Å². The number of carbonyl (C=O) groups is 1. The zero-order chi connectivity index (χ0) is 33.6. The topological polar surface area (TPSA) is 162 Å². The third-order valence-electron chi connectivity index (χ3n) is 6.85. The molecule has 240 valence electrons. The first-order valence-corrected chi connectivity index (χ1v) is 18.6. The van der Waals surface area contributed by atoms with Crippen LogP contribution in [0.25, 0.3) is 10.9 Å². The van der Waals surface area contributed by atoms with E-state index in [9.17, 15) is 32.0 Å². The second-order valence-electron chi connectivity index (χ2n) is 11.1. The number of anilines is 1. The summed E-state index contributed by atoms with van der Waals surface area (Å²) in [5.74, 6) is -0.502. The molecule has 1 unspecified atom stereocenters. The van der Waals surface area contributed by atoms with Crippen molar-refractivity contribution in [1.82, 2.24) is 15.1 Å². The standard InChI is InChI=1S/C29H25Cl2N5O6S4/c1-29(2,3)26(33-28(37)38)18-7-4-6-17(14-18)16-35-20-9-5-8-19(15-32)25(20)27(34-35)36(45(39,40)23-12-10-21(30)43-23)46(41,42)24-13-11-22(31)44-24/h4-14,26,33H,16H2,1-3H3,(H,37,38). The first-order chi connectivity index (χ1) is 21.5. The molecular formula is C29H25Cl2N5O6S4. The first-order valence-electron chi connectivity index (χ1n) is 13.3. The number of amides is 1. The van der Waals surface area contributed by atoms with Crippen LogP contribution in [0.3, 0.4) is 0 Å². The van der Waals surface area contributed by atoms with Crippen LogP contribution in [0.15, 0.2) is 75.1 Å². The van der Waals surface area contributed by atoms with Gasteiger partial charge in [0.1, 0.15) is 8.42 Å². The van der Waals surface area contributed by atoms with E-state index in [0.29, 0.717) is 39.3 Å². The molecule has 5 aromatic rings. The molecule has 3 heterocycles. The van der Waals surface area contributed by atoms with Gasteiger partial charge in [0, 0.05) is 0 Å². The molecule has 0 radical (unpaired) electrons. The van der Waals surface area contributed by atoms with Gasteiger partial charge in [0.2, 0.25) is 0 Å². The Morgan fingerprint density at radius 2 is 1.59 bits per heavy atom. The van der Waals surface area contributed by atoms with Crippen LogP contribution >= 0.6 is 45.9 Å². The molecule has 0 aliphatic heterocycles. The van der Waals surface area contributed by atoms with E-state index < -0.39 is 43.4 Å². The Kier molecular flexibility index (Phi) is 9.17. The van der Waals surface area contributed by atoms with E-state index in [1.54, 1.807) is 36.4 Å². The summed E-state index contributed by atoms with van der Waals surface area (Å²) in [7, 11) is -9.72. The highest BCUT2D eigenvalue weighted by Gasteiger charge is 2.42. The van der Waals surface area contributed by atoms with Gasteiger partial charge in [-0.3, -0.25) is 4.68 Å². The zero-order valence-electron chi connectivity index (χ0n) is 24.3. The van der Waals surface area contributed by atoms with Crippen molar-refractivity contribution in [3.05, 3.63) is 92.1 Å². The molecule has 0 fully saturated rings. The van der Waals surface area contributed by atoms with E-state index in [1.807, 2.05) is 26.8 Å². The summed E-state index contributed by atoms with van der Waals surface area (Å²) in [6.45, 7) is 5.71. The van der Waals surface area contributed by atoms with Gasteiger partial charge in [-0.15, -0.1) is 26.4 Å². The molecule has 17 heteroatoms. The molecule has 3 aromatic heterocycles. The van der Waals surface area contributed by atoms with Crippen molar-refractivity contribution < 1.29 is 26.7 Å². The highest BCUT2D eigenvalue weighted by molar-refractivity contribution is 8.11. The van der Waals surface area contributed by atoms with E-state index in [0.717, 1.165) is 0 Å². The Balaban J connectivity index is 1.74. The number of nitrogens with zero attached hydrogens (tertiary/aromatic N) is 4. The number of aromatic nitrogens is 2. The SMILES string of the molecule is CC(C)(C)C(NC(=O)O)c1cccc(Cn2nc(N(S(=O)(=O)c3ccc(Cl)s3)S(=O)(=O)c3ccc(Cl)s3)c3c(C#N)cccc32)c1. The van der Waals surface area contributed by atoms with Gasteiger partial charge in [0.05, 0.1) is 43.8 Å². The van der Waals surface area contributed by atoms with Crippen molar-refractivity contribution >= 4 is 88.7 Å². The molecular weight excluding hydrogens is 714 g/mol. The van der Waals surface area contributed by atoms with Gasteiger partial charge in [0.15, 0.2) is 5.82 Å². The van der Waals surface area contributed by atoms with E-state index >= 15 is 0 Å².